The van der Waals surface area contributed by atoms with Crippen molar-refractivity contribution in [3.05, 3.63) is 65.0 Å². The van der Waals surface area contributed by atoms with Gasteiger partial charge in [0, 0.05) is 18.7 Å². The predicted octanol–water partition coefficient (Wildman–Crippen LogP) is 2.60. The number of hydrogen-bond donors (Lipinski definition) is 2. The van der Waals surface area contributed by atoms with Crippen molar-refractivity contribution in [1.29, 1.82) is 10.5 Å². The smallest absolute Gasteiger partial charge is 0.315 e. The van der Waals surface area contributed by atoms with Gasteiger partial charge in [0.2, 0.25) is 0 Å². The van der Waals surface area contributed by atoms with Crippen LogP contribution in [-0.2, 0) is 13.1 Å². The summed E-state index contributed by atoms with van der Waals surface area (Å²) in [6.45, 7) is 0.239. The molecule has 0 spiro atoms. The summed E-state index contributed by atoms with van der Waals surface area (Å²) in [7, 11) is 0. The van der Waals surface area contributed by atoms with Crippen LogP contribution in [0.3, 0.4) is 0 Å². The van der Waals surface area contributed by atoms with E-state index in [9.17, 15) is 9.18 Å². The number of amides is 2. The topological polar surface area (TPSA) is 97.9 Å². The molecule has 0 aliphatic carbocycles. The average molecular weight is 338 g/mol. The lowest BCUT2D eigenvalue weighted by Gasteiger charge is -2.09. The summed E-state index contributed by atoms with van der Waals surface area (Å²) in [5.41, 5.74) is 1.42. The minimum Gasteiger partial charge on any atom is -0.479 e. The summed E-state index contributed by atoms with van der Waals surface area (Å²) in [5, 5.41) is 22.4. The highest BCUT2D eigenvalue weighted by molar-refractivity contribution is 5.73. The van der Waals surface area contributed by atoms with Crippen molar-refractivity contribution < 1.29 is 13.9 Å². The molecule has 0 heterocycles. The van der Waals surface area contributed by atoms with Crippen LogP contribution in [0, 0.1) is 28.5 Å². The van der Waals surface area contributed by atoms with Gasteiger partial charge in [0.25, 0.3) is 0 Å². The van der Waals surface area contributed by atoms with Gasteiger partial charge in [0.15, 0.2) is 6.61 Å². The van der Waals surface area contributed by atoms with Crippen LogP contribution in [0.5, 0.6) is 5.75 Å². The predicted molar refractivity (Wildman–Crippen MR) is 87.7 cm³/mol. The number of nitriles is 2. The van der Waals surface area contributed by atoms with E-state index in [1.165, 1.54) is 18.2 Å². The van der Waals surface area contributed by atoms with E-state index < -0.39 is 11.8 Å². The van der Waals surface area contributed by atoms with Crippen molar-refractivity contribution in [3.63, 3.8) is 0 Å². The zero-order chi connectivity index (χ0) is 18.1. The van der Waals surface area contributed by atoms with Crippen LogP contribution in [0.2, 0.25) is 0 Å². The van der Waals surface area contributed by atoms with Crippen LogP contribution in [0.4, 0.5) is 9.18 Å². The number of urea groups is 1. The van der Waals surface area contributed by atoms with E-state index in [1.807, 2.05) is 12.1 Å². The average Bonchev–Trinajstić information content (AvgIpc) is 2.64. The van der Waals surface area contributed by atoms with Crippen LogP contribution in [0.1, 0.15) is 16.7 Å². The quantitative estimate of drug-likeness (QED) is 0.846. The molecule has 0 unspecified atom stereocenters. The Morgan fingerprint density at radius 1 is 1.08 bits per heavy atom. The van der Waals surface area contributed by atoms with E-state index in [0.29, 0.717) is 11.3 Å². The SMILES string of the molecule is N#CCOc1ccc(CNC(=O)NCc2cc(C#N)ccc2F)cc1. The van der Waals surface area contributed by atoms with E-state index in [4.69, 9.17) is 15.3 Å². The second-order valence-corrected chi connectivity index (χ2v) is 5.04. The Morgan fingerprint density at radius 2 is 1.80 bits per heavy atom. The number of carbonyl (C=O) groups is 1. The third-order valence-electron chi connectivity index (χ3n) is 3.29. The number of nitrogens with one attached hydrogen (secondary N) is 2. The Hall–Kier alpha value is -3.58. The fourth-order valence-corrected chi connectivity index (χ4v) is 2.02. The Bertz CT molecular complexity index is 822. The molecule has 2 aromatic carbocycles. The minimum absolute atomic E-state index is 0.0197. The van der Waals surface area contributed by atoms with Crippen molar-refractivity contribution in [2.45, 2.75) is 13.1 Å². The number of benzene rings is 2. The number of hydrogen-bond acceptors (Lipinski definition) is 4. The van der Waals surface area contributed by atoms with Gasteiger partial charge in [-0.2, -0.15) is 10.5 Å². The van der Waals surface area contributed by atoms with Crippen LogP contribution in [-0.4, -0.2) is 12.6 Å². The molecule has 0 aliphatic rings. The van der Waals surface area contributed by atoms with E-state index in [0.717, 1.165) is 5.56 Å². The highest BCUT2D eigenvalue weighted by Crippen LogP contribution is 2.12. The third kappa shape index (κ3) is 5.52. The Balaban J connectivity index is 1.81. The number of nitrogens with zero attached hydrogens (tertiary/aromatic N) is 2. The molecule has 0 radical (unpaired) electrons. The largest absolute Gasteiger partial charge is 0.479 e. The Kier molecular flexibility index (Phi) is 6.32. The molecule has 0 fully saturated rings. The minimum atomic E-state index is -0.479. The molecule has 6 nitrogen and oxygen atoms in total. The van der Waals surface area contributed by atoms with Crippen molar-refractivity contribution in [3.8, 4) is 17.9 Å². The molecular weight excluding hydrogens is 323 g/mol. The maximum absolute atomic E-state index is 13.6. The van der Waals surface area contributed by atoms with Gasteiger partial charge in [0.05, 0.1) is 11.6 Å². The summed E-state index contributed by atoms with van der Waals surface area (Å²) in [6.07, 6.45) is 0. The molecule has 0 aliphatic heterocycles. The fraction of sp³-hybridized carbons (Fsp3) is 0.167. The lowest BCUT2D eigenvalue weighted by atomic mass is 10.1. The number of rotatable bonds is 6. The van der Waals surface area contributed by atoms with E-state index in [2.05, 4.69) is 10.6 Å². The molecule has 2 aromatic rings. The van der Waals surface area contributed by atoms with E-state index >= 15 is 0 Å². The molecule has 7 heteroatoms. The molecule has 0 bridgehead atoms. The van der Waals surface area contributed by atoms with Crippen LogP contribution in [0.25, 0.3) is 0 Å². The lowest BCUT2D eigenvalue weighted by Crippen LogP contribution is -2.34. The van der Waals surface area contributed by atoms with Crippen LogP contribution >= 0.6 is 0 Å². The zero-order valence-electron chi connectivity index (χ0n) is 13.3. The molecular formula is C18H15FN4O2. The first-order chi connectivity index (χ1) is 12.1. The van der Waals surface area contributed by atoms with Crippen LogP contribution < -0.4 is 15.4 Å². The summed E-state index contributed by atoms with van der Waals surface area (Å²) in [6, 6.07) is 14.3. The summed E-state index contributed by atoms with van der Waals surface area (Å²) >= 11 is 0. The van der Waals surface area contributed by atoms with Gasteiger partial charge in [0.1, 0.15) is 17.6 Å². The Morgan fingerprint density at radius 3 is 2.48 bits per heavy atom. The molecule has 0 aromatic heterocycles. The van der Waals surface area contributed by atoms with Crippen molar-refractivity contribution in [2.24, 2.45) is 0 Å². The fourth-order valence-electron chi connectivity index (χ4n) is 2.02. The second kappa shape index (κ2) is 8.90. The molecule has 0 saturated carbocycles. The van der Waals surface area contributed by atoms with Gasteiger partial charge in [-0.3, -0.25) is 0 Å². The van der Waals surface area contributed by atoms with Crippen molar-refractivity contribution in [1.82, 2.24) is 10.6 Å². The number of carbonyl (C=O) groups excluding carboxylic acids is 1. The molecule has 0 atom stereocenters. The van der Waals surface area contributed by atoms with Crippen molar-refractivity contribution >= 4 is 6.03 Å². The third-order valence-corrected chi connectivity index (χ3v) is 3.29. The first-order valence-corrected chi connectivity index (χ1v) is 7.41. The Labute approximate surface area is 144 Å². The maximum Gasteiger partial charge on any atom is 0.315 e. The zero-order valence-corrected chi connectivity index (χ0v) is 13.3. The van der Waals surface area contributed by atoms with Crippen molar-refractivity contribution in [2.75, 3.05) is 6.61 Å². The van der Waals surface area contributed by atoms with Gasteiger partial charge in [-0.1, -0.05) is 12.1 Å². The monoisotopic (exact) mass is 338 g/mol. The molecule has 0 saturated heterocycles. The number of ether oxygens (including phenoxy) is 1. The number of halogens is 1. The first kappa shape index (κ1) is 17.8. The molecule has 126 valence electrons. The highest BCUT2D eigenvalue weighted by Gasteiger charge is 2.06. The molecule has 2 N–H and O–H groups in total. The van der Waals surface area contributed by atoms with E-state index in [-0.39, 0.29) is 25.3 Å². The van der Waals surface area contributed by atoms with Gasteiger partial charge in [-0.25, -0.2) is 9.18 Å². The second-order valence-electron chi connectivity index (χ2n) is 5.04. The summed E-state index contributed by atoms with van der Waals surface area (Å²) in [4.78, 5) is 11.8. The standard InChI is InChI=1S/C18H15FN4O2/c19-17-6-3-14(10-21)9-15(17)12-23-18(24)22-11-13-1-4-16(5-2-13)25-8-7-20/h1-6,9H,8,11-12H2,(H2,22,23,24). The van der Waals surface area contributed by atoms with Gasteiger partial charge >= 0.3 is 6.03 Å². The normalized spacial score (nSPS) is 9.56. The maximum atomic E-state index is 13.6. The molecule has 2 amide bonds. The summed E-state index contributed by atoms with van der Waals surface area (Å²) < 4.78 is 18.8. The van der Waals surface area contributed by atoms with Gasteiger partial charge < -0.3 is 15.4 Å². The van der Waals surface area contributed by atoms with Gasteiger partial charge in [-0.15, -0.1) is 0 Å². The molecule has 25 heavy (non-hydrogen) atoms. The highest BCUT2D eigenvalue weighted by atomic mass is 19.1. The van der Waals surface area contributed by atoms with E-state index in [1.54, 1.807) is 24.3 Å². The van der Waals surface area contributed by atoms with Gasteiger partial charge in [-0.05, 0) is 35.9 Å². The first-order valence-electron chi connectivity index (χ1n) is 7.41. The van der Waals surface area contributed by atoms with Crippen LogP contribution in [0.15, 0.2) is 42.5 Å². The summed E-state index contributed by atoms with van der Waals surface area (Å²) in [5.74, 6) is 0.0925. The lowest BCUT2D eigenvalue weighted by molar-refractivity contribution is 0.240. The molecule has 2 rings (SSSR count).